The van der Waals surface area contributed by atoms with E-state index in [2.05, 4.69) is 16.7 Å². The number of hydrogen-bond donors (Lipinski definition) is 4. The highest BCUT2D eigenvalue weighted by atomic mass is 35.5. The Morgan fingerprint density at radius 2 is 1.85 bits per heavy atom. The van der Waals surface area contributed by atoms with E-state index in [1.807, 2.05) is 20.8 Å². The topological polar surface area (TPSA) is 111 Å². The maximum Gasteiger partial charge on any atom is 0.248 e. The molecular formula is C30H30Cl2F2N4O2. The normalized spacial score (nSPS) is 23.4. The number of hydrogen-bond acceptors (Lipinski definition) is 5. The van der Waals surface area contributed by atoms with E-state index >= 15 is 8.78 Å². The van der Waals surface area contributed by atoms with Crippen molar-refractivity contribution in [1.29, 1.82) is 5.26 Å². The summed E-state index contributed by atoms with van der Waals surface area (Å²) in [6, 6.07) is 15.3. The lowest BCUT2D eigenvalue weighted by molar-refractivity contribution is 0.100. The largest absolute Gasteiger partial charge is 0.372 e. The number of nitrogens with two attached hydrogens (primary N) is 1. The maximum atomic E-state index is 15.7. The third kappa shape index (κ3) is 5.65. The van der Waals surface area contributed by atoms with Crippen LogP contribution in [0.5, 0.6) is 0 Å². The molecule has 210 valence electrons. The molecule has 1 aliphatic heterocycles. The lowest BCUT2D eigenvalue weighted by atomic mass is 9.62. The number of primary amides is 1. The number of carbonyl (C=O) groups excluding carboxylic acids is 1. The summed E-state index contributed by atoms with van der Waals surface area (Å²) < 4.78 is 31.4. The van der Waals surface area contributed by atoms with Crippen molar-refractivity contribution in [3.63, 3.8) is 0 Å². The van der Waals surface area contributed by atoms with Gasteiger partial charge in [0, 0.05) is 33.8 Å². The second-order valence-corrected chi connectivity index (χ2v) is 12.1. The highest BCUT2D eigenvalue weighted by Gasteiger charge is 2.60. The first-order valence-electron chi connectivity index (χ1n) is 12.7. The Balaban J connectivity index is 1.92. The zero-order valence-electron chi connectivity index (χ0n) is 22.2. The van der Waals surface area contributed by atoms with Gasteiger partial charge in [-0.2, -0.15) is 5.26 Å². The van der Waals surface area contributed by atoms with Crippen LogP contribution in [0.25, 0.3) is 0 Å². The van der Waals surface area contributed by atoms with Gasteiger partial charge in [0.2, 0.25) is 5.91 Å². The summed E-state index contributed by atoms with van der Waals surface area (Å²) in [5, 5.41) is 28.7. The van der Waals surface area contributed by atoms with Crippen LogP contribution in [0, 0.1) is 28.4 Å². The molecule has 1 amide bonds. The number of nitrogens with zero attached hydrogens (tertiary/aromatic N) is 1. The fourth-order valence-corrected chi connectivity index (χ4v) is 5.98. The van der Waals surface area contributed by atoms with Gasteiger partial charge in [0.25, 0.3) is 0 Å². The number of anilines is 1. The fourth-order valence-electron chi connectivity index (χ4n) is 5.64. The van der Waals surface area contributed by atoms with E-state index in [0.29, 0.717) is 12.1 Å². The summed E-state index contributed by atoms with van der Waals surface area (Å²) in [5.41, 5.74) is 4.14. The summed E-state index contributed by atoms with van der Waals surface area (Å²) in [6.07, 6.45) is -0.992. The van der Waals surface area contributed by atoms with Gasteiger partial charge >= 0.3 is 0 Å². The second kappa shape index (κ2) is 11.3. The number of aliphatic hydroxyl groups excluding tert-OH is 1. The number of rotatable bonds is 7. The van der Waals surface area contributed by atoms with Crippen molar-refractivity contribution in [3.05, 3.63) is 99.0 Å². The Bertz CT molecular complexity index is 1460. The van der Waals surface area contributed by atoms with Crippen molar-refractivity contribution in [3.8, 4) is 6.07 Å². The molecule has 4 rings (SSSR count). The van der Waals surface area contributed by atoms with Crippen molar-refractivity contribution < 1.29 is 18.7 Å². The molecule has 3 aromatic rings. The lowest BCUT2D eigenvalue weighted by Gasteiger charge is -2.38. The standard InChI is InChI=1S/C30H30Cl2F2N4O2/c1-29(2,3)14-23-30(15-35,20-12-9-17(31)13-22(20)33)24(19-5-4-6-21(32)25(19)34)26(38-23)28(40)37-18-10-7-16(8-11-18)27(36)39/h4-13,23-24,26,28,37-38,40H,14H2,1-3H3,(H2,36,39)/t23-,24-,26+,28?,30-/m0/s1. The molecule has 0 spiro atoms. The van der Waals surface area contributed by atoms with E-state index in [-0.39, 0.29) is 32.2 Å². The molecule has 6 nitrogen and oxygen atoms in total. The number of benzene rings is 3. The molecule has 0 bridgehead atoms. The zero-order chi connectivity index (χ0) is 29.4. The molecule has 1 fully saturated rings. The molecule has 1 heterocycles. The van der Waals surface area contributed by atoms with E-state index in [4.69, 9.17) is 28.9 Å². The van der Waals surface area contributed by atoms with Crippen LogP contribution >= 0.6 is 23.2 Å². The molecule has 1 saturated heterocycles. The van der Waals surface area contributed by atoms with Crippen molar-refractivity contribution >= 4 is 34.8 Å². The SMILES string of the molecule is CC(C)(C)C[C@@H]1N[C@@H](C(O)Nc2ccc(C(N)=O)cc2)[C@H](c2cccc(Cl)c2F)[C@@]1(C#N)c1ccc(Cl)cc1F. The molecule has 5 atom stereocenters. The van der Waals surface area contributed by atoms with Gasteiger partial charge in [-0.25, -0.2) is 8.78 Å². The van der Waals surface area contributed by atoms with E-state index in [0.717, 1.165) is 6.07 Å². The van der Waals surface area contributed by atoms with Gasteiger partial charge in [0.15, 0.2) is 0 Å². The Hall–Kier alpha value is -3.22. The highest BCUT2D eigenvalue weighted by Crippen LogP contribution is 2.53. The Kier molecular flexibility index (Phi) is 8.44. The summed E-state index contributed by atoms with van der Waals surface area (Å²) in [6.45, 7) is 5.94. The Morgan fingerprint density at radius 3 is 2.42 bits per heavy atom. The second-order valence-electron chi connectivity index (χ2n) is 11.3. The number of halogens is 4. The summed E-state index contributed by atoms with van der Waals surface area (Å²) in [5.74, 6) is -3.17. The third-order valence-electron chi connectivity index (χ3n) is 7.31. The molecule has 0 radical (unpaired) electrons. The van der Waals surface area contributed by atoms with Gasteiger partial charge < -0.3 is 21.5 Å². The molecule has 40 heavy (non-hydrogen) atoms. The molecule has 5 N–H and O–H groups in total. The van der Waals surface area contributed by atoms with Crippen LogP contribution in [0.1, 0.15) is 54.6 Å². The van der Waals surface area contributed by atoms with E-state index in [1.165, 1.54) is 36.4 Å². The molecule has 3 aromatic carbocycles. The number of nitriles is 1. The quantitative estimate of drug-likeness (QED) is 0.249. The predicted molar refractivity (Wildman–Crippen MR) is 152 cm³/mol. The first-order chi connectivity index (χ1) is 18.8. The Morgan fingerprint density at radius 1 is 1.18 bits per heavy atom. The monoisotopic (exact) mass is 586 g/mol. The van der Waals surface area contributed by atoms with Crippen LogP contribution < -0.4 is 16.4 Å². The number of aliphatic hydroxyl groups is 1. The van der Waals surface area contributed by atoms with Crippen LogP contribution in [0.4, 0.5) is 14.5 Å². The summed E-state index contributed by atoms with van der Waals surface area (Å²) >= 11 is 12.2. The van der Waals surface area contributed by atoms with Gasteiger partial charge in [-0.05, 0) is 59.9 Å². The van der Waals surface area contributed by atoms with E-state index in [1.54, 1.807) is 18.2 Å². The van der Waals surface area contributed by atoms with Crippen LogP contribution in [0.3, 0.4) is 0 Å². The molecule has 0 aliphatic carbocycles. The van der Waals surface area contributed by atoms with Crippen LogP contribution in [0.2, 0.25) is 10.0 Å². The fraction of sp³-hybridized carbons (Fsp3) is 0.333. The minimum absolute atomic E-state index is 0.0334. The van der Waals surface area contributed by atoms with E-state index in [9.17, 15) is 15.2 Å². The summed E-state index contributed by atoms with van der Waals surface area (Å²) in [4.78, 5) is 11.5. The minimum atomic E-state index is -1.67. The van der Waals surface area contributed by atoms with Gasteiger partial charge in [-0.15, -0.1) is 0 Å². The van der Waals surface area contributed by atoms with Gasteiger partial charge in [-0.1, -0.05) is 62.2 Å². The van der Waals surface area contributed by atoms with E-state index < -0.39 is 47.2 Å². The summed E-state index contributed by atoms with van der Waals surface area (Å²) in [7, 11) is 0. The highest BCUT2D eigenvalue weighted by molar-refractivity contribution is 6.31. The maximum absolute atomic E-state index is 15.7. The van der Waals surface area contributed by atoms with Crippen LogP contribution in [-0.4, -0.2) is 29.3 Å². The first kappa shape index (κ1) is 29.8. The molecular weight excluding hydrogens is 557 g/mol. The third-order valence-corrected chi connectivity index (χ3v) is 7.84. The average Bonchev–Trinajstić information content (AvgIpc) is 3.19. The molecule has 1 aliphatic rings. The smallest absolute Gasteiger partial charge is 0.248 e. The number of amides is 1. The zero-order valence-corrected chi connectivity index (χ0v) is 23.7. The first-order valence-corrected chi connectivity index (χ1v) is 13.5. The van der Waals surface area contributed by atoms with Gasteiger partial charge in [0.05, 0.1) is 17.1 Å². The number of nitrogens with one attached hydrogen (secondary N) is 2. The predicted octanol–water partition coefficient (Wildman–Crippen LogP) is 6.12. The molecule has 0 saturated carbocycles. The van der Waals surface area contributed by atoms with Crippen molar-refractivity contribution in [2.45, 2.75) is 56.8 Å². The van der Waals surface area contributed by atoms with Crippen molar-refractivity contribution in [2.24, 2.45) is 11.1 Å². The minimum Gasteiger partial charge on any atom is -0.372 e. The van der Waals surface area contributed by atoms with Crippen molar-refractivity contribution in [1.82, 2.24) is 5.32 Å². The van der Waals surface area contributed by atoms with Crippen LogP contribution in [-0.2, 0) is 5.41 Å². The Labute approximate surface area is 242 Å². The van der Waals surface area contributed by atoms with Crippen LogP contribution in [0.15, 0.2) is 60.7 Å². The molecule has 0 aromatic heterocycles. The van der Waals surface area contributed by atoms with Crippen molar-refractivity contribution in [2.75, 3.05) is 5.32 Å². The van der Waals surface area contributed by atoms with Gasteiger partial charge in [0.1, 0.15) is 23.3 Å². The molecule has 1 unspecified atom stereocenters. The molecule has 10 heteroatoms. The van der Waals surface area contributed by atoms with Gasteiger partial charge in [-0.3, -0.25) is 4.79 Å². The number of carbonyl (C=O) groups is 1. The lowest BCUT2D eigenvalue weighted by Crippen LogP contribution is -2.45. The average molecular weight is 587 g/mol.